The molecule has 7 nitrogen and oxygen atoms in total. The SMILES string of the molecule is CCCNC(=O)C(C)N(Cc1ccccc1)C(=O)CN(c1ccc(F)cc1)S(=O)(=O)c1ccc(C)cc1. The lowest BCUT2D eigenvalue weighted by atomic mass is 10.1. The van der Waals surface area contributed by atoms with Crippen LogP contribution in [0.3, 0.4) is 0 Å². The number of hydrogen-bond donors (Lipinski definition) is 1. The topological polar surface area (TPSA) is 86.8 Å². The normalized spacial score (nSPS) is 12.0. The minimum atomic E-state index is -4.18. The molecule has 0 heterocycles. The van der Waals surface area contributed by atoms with E-state index in [1.54, 1.807) is 19.1 Å². The number of halogens is 1. The van der Waals surface area contributed by atoms with Crippen molar-refractivity contribution >= 4 is 27.5 Å². The lowest BCUT2D eigenvalue weighted by molar-refractivity contribution is -0.139. The van der Waals surface area contributed by atoms with Crippen molar-refractivity contribution in [1.29, 1.82) is 0 Å². The maximum atomic E-state index is 13.7. The summed E-state index contributed by atoms with van der Waals surface area (Å²) in [6.45, 7) is 5.38. The molecule has 1 unspecified atom stereocenters. The standard InChI is InChI=1S/C28H32FN3O4S/c1-4-18-30-28(34)22(3)31(19-23-8-6-5-7-9-23)27(33)20-32(25-14-12-24(29)13-15-25)37(35,36)26-16-10-21(2)11-17-26/h5-17,22H,4,18-20H2,1-3H3,(H,30,34). The number of hydrogen-bond acceptors (Lipinski definition) is 4. The van der Waals surface area contributed by atoms with E-state index in [4.69, 9.17) is 0 Å². The molecule has 0 bridgehead atoms. The summed E-state index contributed by atoms with van der Waals surface area (Å²) in [4.78, 5) is 27.9. The minimum Gasteiger partial charge on any atom is -0.354 e. The van der Waals surface area contributed by atoms with Gasteiger partial charge in [-0.1, -0.05) is 55.0 Å². The maximum absolute atomic E-state index is 13.7. The van der Waals surface area contributed by atoms with E-state index in [0.29, 0.717) is 6.54 Å². The summed E-state index contributed by atoms with van der Waals surface area (Å²) in [5, 5.41) is 2.80. The number of carbonyl (C=O) groups excluding carboxylic acids is 2. The molecule has 0 aliphatic rings. The number of benzene rings is 3. The number of sulfonamides is 1. The van der Waals surface area contributed by atoms with Gasteiger partial charge in [0.25, 0.3) is 10.0 Å². The Kier molecular flexibility index (Phi) is 9.41. The fourth-order valence-electron chi connectivity index (χ4n) is 3.73. The Morgan fingerprint density at radius 2 is 1.57 bits per heavy atom. The fraction of sp³-hybridized carbons (Fsp3) is 0.286. The highest BCUT2D eigenvalue weighted by atomic mass is 32.2. The van der Waals surface area contributed by atoms with Gasteiger partial charge in [-0.2, -0.15) is 0 Å². The van der Waals surface area contributed by atoms with E-state index in [-0.39, 0.29) is 23.0 Å². The highest BCUT2D eigenvalue weighted by Crippen LogP contribution is 2.25. The molecular formula is C28H32FN3O4S. The van der Waals surface area contributed by atoms with Crippen molar-refractivity contribution in [3.05, 3.63) is 95.8 Å². The van der Waals surface area contributed by atoms with Gasteiger partial charge in [0.2, 0.25) is 11.8 Å². The van der Waals surface area contributed by atoms with Crippen LogP contribution in [0.4, 0.5) is 10.1 Å². The highest BCUT2D eigenvalue weighted by molar-refractivity contribution is 7.92. The molecule has 3 aromatic carbocycles. The molecule has 3 rings (SSSR count). The first-order chi connectivity index (χ1) is 17.6. The van der Waals surface area contributed by atoms with Gasteiger partial charge in [-0.05, 0) is 62.2 Å². The maximum Gasteiger partial charge on any atom is 0.264 e. The molecular weight excluding hydrogens is 493 g/mol. The first kappa shape index (κ1) is 27.9. The van der Waals surface area contributed by atoms with Gasteiger partial charge >= 0.3 is 0 Å². The van der Waals surface area contributed by atoms with Gasteiger partial charge in [0, 0.05) is 13.1 Å². The van der Waals surface area contributed by atoms with Crippen LogP contribution in [0.25, 0.3) is 0 Å². The molecule has 0 fully saturated rings. The number of amides is 2. The zero-order valence-corrected chi connectivity index (χ0v) is 22.0. The average molecular weight is 526 g/mol. The lowest BCUT2D eigenvalue weighted by Crippen LogP contribution is -2.51. The fourth-order valence-corrected chi connectivity index (χ4v) is 5.15. The molecule has 9 heteroatoms. The summed E-state index contributed by atoms with van der Waals surface area (Å²) in [6.07, 6.45) is 0.734. The van der Waals surface area contributed by atoms with Crippen LogP contribution in [0.15, 0.2) is 83.8 Å². The smallest absolute Gasteiger partial charge is 0.264 e. The minimum absolute atomic E-state index is 0.00132. The molecule has 1 N–H and O–H groups in total. The first-order valence-electron chi connectivity index (χ1n) is 12.1. The summed E-state index contributed by atoms with van der Waals surface area (Å²) < 4.78 is 42.0. The first-order valence-corrected chi connectivity index (χ1v) is 13.5. The van der Waals surface area contributed by atoms with Gasteiger partial charge in [0.1, 0.15) is 18.4 Å². The van der Waals surface area contributed by atoms with Crippen molar-refractivity contribution in [2.75, 3.05) is 17.4 Å². The Bertz CT molecular complexity index is 1300. The third kappa shape index (κ3) is 7.16. The van der Waals surface area contributed by atoms with Gasteiger partial charge in [-0.25, -0.2) is 12.8 Å². The van der Waals surface area contributed by atoms with Crippen LogP contribution in [-0.2, 0) is 26.2 Å². The van der Waals surface area contributed by atoms with Crippen LogP contribution in [-0.4, -0.2) is 44.3 Å². The second kappa shape index (κ2) is 12.5. The molecule has 0 aliphatic carbocycles. The molecule has 0 spiro atoms. The van der Waals surface area contributed by atoms with Crippen molar-refractivity contribution in [2.45, 2.75) is 44.7 Å². The molecule has 0 aromatic heterocycles. The van der Waals surface area contributed by atoms with E-state index in [9.17, 15) is 22.4 Å². The van der Waals surface area contributed by atoms with Gasteiger partial charge < -0.3 is 10.2 Å². The predicted octanol–water partition coefficient (Wildman–Crippen LogP) is 4.27. The monoisotopic (exact) mass is 525 g/mol. The molecule has 2 amide bonds. The summed E-state index contributed by atoms with van der Waals surface area (Å²) in [5.74, 6) is -1.43. The van der Waals surface area contributed by atoms with Gasteiger partial charge in [0.05, 0.1) is 10.6 Å². The van der Waals surface area contributed by atoms with Gasteiger partial charge in [-0.15, -0.1) is 0 Å². The Morgan fingerprint density at radius 3 is 2.16 bits per heavy atom. The molecule has 0 saturated heterocycles. The molecule has 1 atom stereocenters. The van der Waals surface area contributed by atoms with E-state index in [1.807, 2.05) is 44.2 Å². The van der Waals surface area contributed by atoms with E-state index in [2.05, 4.69) is 5.32 Å². The summed E-state index contributed by atoms with van der Waals surface area (Å²) in [7, 11) is -4.18. The third-order valence-electron chi connectivity index (χ3n) is 5.91. The Labute approximate surface area is 218 Å². The second-order valence-electron chi connectivity index (χ2n) is 8.78. The molecule has 0 aliphatic heterocycles. The summed E-state index contributed by atoms with van der Waals surface area (Å²) in [5.41, 5.74) is 1.81. The van der Waals surface area contributed by atoms with Crippen LogP contribution in [0.2, 0.25) is 0 Å². The summed E-state index contributed by atoms with van der Waals surface area (Å²) >= 11 is 0. The quantitative estimate of drug-likeness (QED) is 0.405. The number of nitrogens with zero attached hydrogens (tertiary/aromatic N) is 2. The highest BCUT2D eigenvalue weighted by Gasteiger charge is 2.32. The lowest BCUT2D eigenvalue weighted by Gasteiger charge is -2.32. The van der Waals surface area contributed by atoms with Crippen LogP contribution in [0.1, 0.15) is 31.4 Å². The number of anilines is 1. The van der Waals surface area contributed by atoms with Crippen molar-refractivity contribution in [3.8, 4) is 0 Å². The zero-order valence-electron chi connectivity index (χ0n) is 21.2. The Balaban J connectivity index is 1.99. The number of aryl methyl sites for hydroxylation is 1. The molecule has 0 saturated carbocycles. The molecule has 37 heavy (non-hydrogen) atoms. The van der Waals surface area contributed by atoms with Crippen molar-refractivity contribution in [2.24, 2.45) is 0 Å². The van der Waals surface area contributed by atoms with Crippen LogP contribution >= 0.6 is 0 Å². The Morgan fingerprint density at radius 1 is 0.946 bits per heavy atom. The third-order valence-corrected chi connectivity index (χ3v) is 7.70. The Hall–Kier alpha value is -3.72. The van der Waals surface area contributed by atoms with Crippen molar-refractivity contribution in [1.82, 2.24) is 10.2 Å². The summed E-state index contributed by atoms with van der Waals surface area (Å²) in [6, 6.07) is 19.5. The van der Waals surface area contributed by atoms with E-state index in [1.165, 1.54) is 29.2 Å². The number of rotatable bonds is 11. The van der Waals surface area contributed by atoms with Crippen molar-refractivity contribution in [3.63, 3.8) is 0 Å². The zero-order chi connectivity index (χ0) is 27.0. The van der Waals surface area contributed by atoms with Gasteiger partial charge in [0.15, 0.2) is 0 Å². The molecule has 0 radical (unpaired) electrons. The van der Waals surface area contributed by atoms with E-state index >= 15 is 0 Å². The van der Waals surface area contributed by atoms with E-state index < -0.39 is 34.3 Å². The van der Waals surface area contributed by atoms with Gasteiger partial charge in [-0.3, -0.25) is 13.9 Å². The van der Waals surface area contributed by atoms with Crippen LogP contribution < -0.4 is 9.62 Å². The van der Waals surface area contributed by atoms with E-state index in [0.717, 1.165) is 34.0 Å². The number of nitrogens with one attached hydrogen (secondary N) is 1. The molecule has 3 aromatic rings. The van der Waals surface area contributed by atoms with Crippen LogP contribution in [0.5, 0.6) is 0 Å². The second-order valence-corrected chi connectivity index (χ2v) is 10.6. The molecule has 196 valence electrons. The average Bonchev–Trinajstić information content (AvgIpc) is 2.89. The predicted molar refractivity (Wildman–Crippen MR) is 142 cm³/mol. The van der Waals surface area contributed by atoms with Crippen LogP contribution in [0, 0.1) is 12.7 Å². The largest absolute Gasteiger partial charge is 0.354 e. The van der Waals surface area contributed by atoms with Crippen molar-refractivity contribution < 1.29 is 22.4 Å². The number of carbonyl (C=O) groups is 2.